The van der Waals surface area contributed by atoms with Crippen LogP contribution in [0.25, 0.3) is 0 Å². The van der Waals surface area contributed by atoms with Gasteiger partial charge in [0.05, 0.1) is 28.9 Å². The van der Waals surface area contributed by atoms with Gasteiger partial charge in [0.1, 0.15) is 5.75 Å². The Labute approximate surface area is 166 Å². The summed E-state index contributed by atoms with van der Waals surface area (Å²) in [6.45, 7) is 0.791. The van der Waals surface area contributed by atoms with E-state index in [0.717, 1.165) is 25.3 Å². The van der Waals surface area contributed by atoms with Gasteiger partial charge in [-0.15, -0.1) is 0 Å². The molecule has 1 heterocycles. The number of ether oxygens (including phenoxy) is 2. The number of hydrogen-bond donors (Lipinski definition) is 0. The Bertz CT molecular complexity index is 994. The van der Waals surface area contributed by atoms with Crippen LogP contribution < -0.4 is 4.74 Å². The highest BCUT2D eigenvalue weighted by atomic mass is 19.4. The first-order valence-corrected chi connectivity index (χ1v) is 7.95. The van der Waals surface area contributed by atoms with E-state index in [1.165, 1.54) is 6.92 Å². The molecule has 13 heteroatoms. The molecule has 1 aromatic carbocycles. The molecule has 0 amide bonds. The number of hydrogen-bond acceptors (Lipinski definition) is 8. The molecule has 0 saturated heterocycles. The number of nitro benzene ring substituents is 1. The lowest BCUT2D eigenvalue weighted by molar-refractivity contribution is -0.385. The molecule has 1 aromatic heterocycles. The van der Waals surface area contributed by atoms with Crippen molar-refractivity contribution in [3.8, 4) is 11.6 Å². The highest BCUT2D eigenvalue weighted by Gasteiger charge is 2.32. The van der Waals surface area contributed by atoms with Crippen LogP contribution in [0.4, 0.5) is 23.2 Å². The lowest BCUT2D eigenvalue weighted by atomic mass is 10.1. The van der Waals surface area contributed by atoms with Crippen LogP contribution in [0.3, 0.4) is 0 Å². The number of esters is 1. The van der Waals surface area contributed by atoms with Crippen LogP contribution in [0.15, 0.2) is 35.6 Å². The van der Waals surface area contributed by atoms with E-state index in [4.69, 9.17) is 9.57 Å². The van der Waals surface area contributed by atoms with Gasteiger partial charge in [-0.3, -0.25) is 10.1 Å². The van der Waals surface area contributed by atoms with Gasteiger partial charge in [0, 0.05) is 12.3 Å². The summed E-state index contributed by atoms with van der Waals surface area (Å²) >= 11 is 0. The largest absolute Gasteiger partial charge is 0.466 e. The topological polar surface area (TPSA) is 113 Å². The van der Waals surface area contributed by atoms with Gasteiger partial charge in [0.15, 0.2) is 5.82 Å². The fourth-order valence-electron chi connectivity index (χ4n) is 2.08. The average molecular weight is 431 g/mol. The maximum Gasteiger partial charge on any atom is 0.417 e. The number of rotatable bonds is 7. The quantitative estimate of drug-likeness (QED) is 0.215. The molecule has 0 aliphatic carbocycles. The second-order valence-electron chi connectivity index (χ2n) is 5.57. The Morgan fingerprint density at radius 1 is 1.30 bits per heavy atom. The van der Waals surface area contributed by atoms with Crippen molar-refractivity contribution in [3.05, 3.63) is 57.5 Å². The van der Waals surface area contributed by atoms with Crippen LogP contribution in [0, 0.1) is 15.9 Å². The Morgan fingerprint density at radius 3 is 2.57 bits per heavy atom. The number of carbonyl (C=O) groups excluding carboxylic acids is 1. The van der Waals surface area contributed by atoms with Gasteiger partial charge in [0.2, 0.25) is 6.61 Å². The van der Waals surface area contributed by atoms with Crippen LogP contribution >= 0.6 is 0 Å². The van der Waals surface area contributed by atoms with Crippen molar-refractivity contribution in [2.75, 3.05) is 13.7 Å². The van der Waals surface area contributed by atoms with E-state index in [-0.39, 0.29) is 23.1 Å². The molecular formula is C17H13F4N3O6. The molecule has 0 saturated carbocycles. The lowest BCUT2D eigenvalue weighted by Gasteiger charge is -2.10. The van der Waals surface area contributed by atoms with Crippen molar-refractivity contribution >= 4 is 17.4 Å². The normalized spacial score (nSPS) is 11.7. The number of halogens is 4. The number of carbonyl (C=O) groups is 1. The summed E-state index contributed by atoms with van der Waals surface area (Å²) in [5, 5.41) is 14.8. The zero-order valence-corrected chi connectivity index (χ0v) is 15.4. The summed E-state index contributed by atoms with van der Waals surface area (Å²) in [6.07, 6.45) is -4.40. The van der Waals surface area contributed by atoms with E-state index < -0.39 is 46.6 Å². The summed E-state index contributed by atoms with van der Waals surface area (Å²) in [4.78, 5) is 29.5. The van der Waals surface area contributed by atoms with E-state index in [0.29, 0.717) is 6.20 Å². The molecule has 0 radical (unpaired) electrons. The smallest absolute Gasteiger partial charge is 0.417 e. The number of nitrogens with zero attached hydrogens (tertiary/aromatic N) is 3. The fourth-order valence-corrected chi connectivity index (χ4v) is 2.08. The Hall–Kier alpha value is -3.77. The molecule has 0 N–H and O–H groups in total. The molecule has 0 aliphatic rings. The molecule has 9 nitrogen and oxygen atoms in total. The van der Waals surface area contributed by atoms with Gasteiger partial charge in [0.25, 0.3) is 11.6 Å². The number of aromatic nitrogens is 1. The Balaban J connectivity index is 2.33. The fraction of sp³-hybridized carbons (Fsp3) is 0.235. The molecule has 2 aromatic rings. The van der Waals surface area contributed by atoms with Gasteiger partial charge in [-0.05, 0) is 25.1 Å². The summed E-state index contributed by atoms with van der Waals surface area (Å²) in [5.41, 5.74) is -1.85. The maximum absolute atomic E-state index is 13.9. The molecular weight excluding hydrogens is 418 g/mol. The monoisotopic (exact) mass is 431 g/mol. The van der Waals surface area contributed by atoms with Crippen LogP contribution in [-0.4, -0.2) is 35.3 Å². The molecule has 0 atom stereocenters. The molecule has 0 bridgehead atoms. The van der Waals surface area contributed by atoms with E-state index in [2.05, 4.69) is 14.9 Å². The minimum absolute atomic E-state index is 0.0306. The van der Waals surface area contributed by atoms with Gasteiger partial charge in [-0.25, -0.2) is 14.2 Å². The highest BCUT2D eigenvalue weighted by Crippen LogP contribution is 2.33. The number of methoxy groups -OCH3 is 1. The first-order chi connectivity index (χ1) is 14.0. The maximum atomic E-state index is 13.9. The summed E-state index contributed by atoms with van der Waals surface area (Å²) in [7, 11) is 1.13. The van der Waals surface area contributed by atoms with Crippen molar-refractivity contribution in [1.29, 1.82) is 0 Å². The Kier molecular flexibility index (Phi) is 6.87. The molecule has 0 unspecified atom stereocenters. The van der Waals surface area contributed by atoms with Crippen LogP contribution in [-0.2, 0) is 20.5 Å². The third kappa shape index (κ3) is 5.62. The van der Waals surface area contributed by atoms with E-state index >= 15 is 0 Å². The number of alkyl halides is 3. The molecule has 0 fully saturated rings. The Morgan fingerprint density at radius 2 is 2.00 bits per heavy atom. The van der Waals surface area contributed by atoms with Gasteiger partial charge in [-0.2, -0.15) is 13.2 Å². The van der Waals surface area contributed by atoms with Crippen molar-refractivity contribution in [1.82, 2.24) is 4.98 Å². The second-order valence-corrected chi connectivity index (χ2v) is 5.57. The molecule has 160 valence electrons. The van der Waals surface area contributed by atoms with Crippen LogP contribution in [0.2, 0.25) is 0 Å². The number of oxime groups is 1. The number of nitro groups is 1. The van der Waals surface area contributed by atoms with E-state index in [1.807, 2.05) is 0 Å². The predicted octanol–water partition coefficient (Wildman–Crippen LogP) is 3.85. The third-order valence-electron chi connectivity index (χ3n) is 3.52. The first kappa shape index (κ1) is 22.5. The average Bonchev–Trinajstić information content (AvgIpc) is 2.68. The predicted molar refractivity (Wildman–Crippen MR) is 92.5 cm³/mol. The van der Waals surface area contributed by atoms with Gasteiger partial charge < -0.3 is 14.3 Å². The minimum Gasteiger partial charge on any atom is -0.466 e. The number of pyridine rings is 1. The summed E-state index contributed by atoms with van der Waals surface area (Å²) < 4.78 is 61.2. The zero-order chi connectivity index (χ0) is 22.5. The lowest BCUT2D eigenvalue weighted by Crippen LogP contribution is -2.09. The standard InChI is InChI=1S/C17H13F4N3O6/c1-9(23-29-8-15(25)28-2)12-6-11(3-4-14(12)24(26)27)30-16-13(18)5-10(7-22-16)17(19,20)21/h3-7H,8H2,1-2H3. The van der Waals surface area contributed by atoms with Crippen LogP contribution in [0.5, 0.6) is 11.6 Å². The molecule has 0 spiro atoms. The summed E-state index contributed by atoms with van der Waals surface area (Å²) in [5.74, 6) is -3.04. The molecule has 30 heavy (non-hydrogen) atoms. The highest BCUT2D eigenvalue weighted by molar-refractivity contribution is 6.02. The van der Waals surface area contributed by atoms with Crippen molar-refractivity contribution < 1.29 is 41.6 Å². The number of benzene rings is 1. The zero-order valence-electron chi connectivity index (χ0n) is 15.4. The third-order valence-corrected chi connectivity index (χ3v) is 3.52. The van der Waals surface area contributed by atoms with Crippen LogP contribution in [0.1, 0.15) is 18.1 Å². The van der Waals surface area contributed by atoms with Crippen molar-refractivity contribution in [2.45, 2.75) is 13.1 Å². The summed E-state index contributed by atoms with van der Waals surface area (Å²) in [6, 6.07) is 3.42. The van der Waals surface area contributed by atoms with Crippen molar-refractivity contribution in [3.63, 3.8) is 0 Å². The van der Waals surface area contributed by atoms with E-state index in [1.54, 1.807) is 0 Å². The second kappa shape index (κ2) is 9.15. The molecule has 2 rings (SSSR count). The molecule has 0 aliphatic heterocycles. The SMILES string of the molecule is COC(=O)CON=C(C)c1cc(Oc2ncc(C(F)(F)F)cc2F)ccc1[N+](=O)[O-]. The van der Waals surface area contributed by atoms with Gasteiger partial charge >= 0.3 is 12.1 Å². The first-order valence-electron chi connectivity index (χ1n) is 7.95. The van der Waals surface area contributed by atoms with Crippen molar-refractivity contribution in [2.24, 2.45) is 5.16 Å². The van der Waals surface area contributed by atoms with E-state index in [9.17, 15) is 32.5 Å². The minimum atomic E-state index is -4.79. The van der Waals surface area contributed by atoms with Gasteiger partial charge in [-0.1, -0.05) is 5.16 Å².